The summed E-state index contributed by atoms with van der Waals surface area (Å²) < 4.78 is 1.04. The third kappa shape index (κ3) is 3.12. The number of hydrogen-bond acceptors (Lipinski definition) is 6. The van der Waals surface area contributed by atoms with Crippen LogP contribution < -0.4 is 4.90 Å². The minimum atomic E-state index is -0.605. The second-order valence-electron chi connectivity index (χ2n) is 3.97. The number of halogens is 1. The summed E-state index contributed by atoms with van der Waals surface area (Å²) in [5.74, 6) is 0.525. The maximum Gasteiger partial charge on any atom is 0.305 e. The average Bonchev–Trinajstić information content (AvgIpc) is 2.83. The number of aromatic nitrogens is 1. The molecule has 102 valence electrons. The molecule has 0 aromatic carbocycles. The highest BCUT2D eigenvalue weighted by Crippen LogP contribution is 2.25. The summed E-state index contributed by atoms with van der Waals surface area (Å²) in [6.45, 7) is 0.617. The van der Waals surface area contributed by atoms with Crippen molar-refractivity contribution in [3.8, 4) is 6.07 Å². The summed E-state index contributed by atoms with van der Waals surface area (Å²) in [5.41, 5.74) is -0.449. The highest BCUT2D eigenvalue weighted by Gasteiger charge is 2.17. The van der Waals surface area contributed by atoms with Crippen molar-refractivity contribution in [1.82, 2.24) is 4.98 Å². The molecular formula is C12H9BrN4O2S. The van der Waals surface area contributed by atoms with Crippen LogP contribution in [0, 0.1) is 21.4 Å². The maximum atomic E-state index is 10.8. The highest BCUT2D eigenvalue weighted by molar-refractivity contribution is 9.11. The molecule has 0 unspecified atom stereocenters. The molecule has 2 heterocycles. The minimum absolute atomic E-state index is 0.174. The first kappa shape index (κ1) is 14.4. The van der Waals surface area contributed by atoms with Crippen molar-refractivity contribution in [3.05, 3.63) is 48.7 Å². The van der Waals surface area contributed by atoms with Gasteiger partial charge in [-0.15, -0.1) is 11.3 Å². The number of pyridine rings is 1. The number of nitriles is 1. The molecule has 20 heavy (non-hydrogen) atoms. The Labute approximate surface area is 127 Å². The molecule has 0 aliphatic carbocycles. The Morgan fingerprint density at radius 1 is 1.50 bits per heavy atom. The number of nitro groups is 1. The van der Waals surface area contributed by atoms with Crippen LogP contribution in [0.2, 0.25) is 0 Å². The lowest BCUT2D eigenvalue weighted by Gasteiger charge is -2.17. The summed E-state index contributed by atoms with van der Waals surface area (Å²) in [6, 6.07) is 8.55. The topological polar surface area (TPSA) is 83.1 Å². The van der Waals surface area contributed by atoms with Gasteiger partial charge in [0.2, 0.25) is 5.69 Å². The Kier molecular flexibility index (Phi) is 4.32. The van der Waals surface area contributed by atoms with Crippen LogP contribution in [-0.4, -0.2) is 17.0 Å². The van der Waals surface area contributed by atoms with Gasteiger partial charge in [-0.25, -0.2) is 4.98 Å². The lowest BCUT2D eigenvalue weighted by Crippen LogP contribution is -2.17. The molecule has 0 saturated heterocycles. The number of hydrogen-bond donors (Lipinski definition) is 0. The zero-order chi connectivity index (χ0) is 14.7. The molecule has 2 aromatic heterocycles. The summed E-state index contributed by atoms with van der Waals surface area (Å²) in [5, 5.41) is 19.7. The molecule has 0 fully saturated rings. The lowest BCUT2D eigenvalue weighted by molar-refractivity contribution is -0.385. The smallest absolute Gasteiger partial charge is 0.305 e. The van der Waals surface area contributed by atoms with Gasteiger partial charge in [0.1, 0.15) is 11.9 Å². The van der Waals surface area contributed by atoms with E-state index in [2.05, 4.69) is 20.9 Å². The molecule has 2 aromatic rings. The number of rotatable bonds is 4. The molecule has 0 saturated carbocycles. The molecule has 0 atom stereocenters. The Balaban J connectivity index is 2.24. The van der Waals surface area contributed by atoms with Crippen molar-refractivity contribution in [2.24, 2.45) is 0 Å². The summed E-state index contributed by atoms with van der Waals surface area (Å²) in [6.07, 6.45) is 0. The molecule has 8 heteroatoms. The summed E-state index contributed by atoms with van der Waals surface area (Å²) in [7, 11) is 1.82. The van der Waals surface area contributed by atoms with E-state index in [0.717, 1.165) is 8.66 Å². The van der Waals surface area contributed by atoms with Gasteiger partial charge in [0, 0.05) is 18.0 Å². The first-order valence-corrected chi connectivity index (χ1v) is 7.13. The zero-order valence-corrected chi connectivity index (χ0v) is 12.8. The predicted molar refractivity (Wildman–Crippen MR) is 79.7 cm³/mol. The average molecular weight is 353 g/mol. The van der Waals surface area contributed by atoms with Crippen LogP contribution in [0.5, 0.6) is 0 Å². The monoisotopic (exact) mass is 352 g/mol. The SMILES string of the molecule is CN(Cc1ccc(Br)s1)c1ccc([N+](=O)[O-])c(C#N)n1. The van der Waals surface area contributed by atoms with Crippen LogP contribution in [0.3, 0.4) is 0 Å². The molecule has 0 N–H and O–H groups in total. The Morgan fingerprint density at radius 3 is 2.80 bits per heavy atom. The van der Waals surface area contributed by atoms with Gasteiger partial charge in [-0.1, -0.05) is 0 Å². The summed E-state index contributed by atoms with van der Waals surface area (Å²) in [4.78, 5) is 17.1. The van der Waals surface area contributed by atoms with E-state index in [4.69, 9.17) is 5.26 Å². The Hall–Kier alpha value is -1.98. The van der Waals surface area contributed by atoms with E-state index >= 15 is 0 Å². The lowest BCUT2D eigenvalue weighted by atomic mass is 10.3. The van der Waals surface area contributed by atoms with Crippen molar-refractivity contribution in [3.63, 3.8) is 0 Å². The van der Waals surface area contributed by atoms with Gasteiger partial charge < -0.3 is 4.90 Å². The van der Waals surface area contributed by atoms with Crippen LogP contribution in [0.25, 0.3) is 0 Å². The number of nitrogens with zero attached hydrogens (tertiary/aromatic N) is 4. The van der Waals surface area contributed by atoms with E-state index in [0.29, 0.717) is 12.4 Å². The molecule has 0 amide bonds. The highest BCUT2D eigenvalue weighted by atomic mass is 79.9. The van der Waals surface area contributed by atoms with Gasteiger partial charge in [-0.05, 0) is 34.1 Å². The van der Waals surface area contributed by atoms with Crippen LogP contribution in [0.1, 0.15) is 10.6 Å². The largest absolute Gasteiger partial charge is 0.354 e. The molecule has 0 aliphatic rings. The fraction of sp³-hybridized carbons (Fsp3) is 0.167. The second kappa shape index (κ2) is 5.98. The van der Waals surface area contributed by atoms with Crippen molar-refractivity contribution in [2.45, 2.75) is 6.54 Å². The molecule has 0 bridgehead atoms. The molecule has 2 rings (SSSR count). The zero-order valence-electron chi connectivity index (χ0n) is 10.4. The number of thiophene rings is 1. The number of anilines is 1. The molecule has 6 nitrogen and oxygen atoms in total. The molecule has 0 spiro atoms. The van der Waals surface area contributed by atoms with Crippen LogP contribution in [-0.2, 0) is 6.54 Å². The maximum absolute atomic E-state index is 10.8. The normalized spacial score (nSPS) is 10.1. The van der Waals surface area contributed by atoms with Gasteiger partial charge in [-0.2, -0.15) is 5.26 Å². The van der Waals surface area contributed by atoms with Gasteiger partial charge >= 0.3 is 5.69 Å². The standard InChI is InChI=1S/C12H9BrN4O2S/c1-16(7-8-2-4-11(13)20-8)12-5-3-10(17(18)19)9(6-14)15-12/h2-5H,7H2,1H3. The Bertz CT molecular complexity index is 695. The molecular weight excluding hydrogens is 344 g/mol. The third-order valence-corrected chi connectivity index (χ3v) is 4.18. The van der Waals surface area contributed by atoms with Crippen molar-refractivity contribution < 1.29 is 4.92 Å². The van der Waals surface area contributed by atoms with Gasteiger partial charge in [0.15, 0.2) is 0 Å². The van der Waals surface area contributed by atoms with Gasteiger partial charge in [0.25, 0.3) is 0 Å². The molecule has 0 radical (unpaired) electrons. The van der Waals surface area contributed by atoms with Crippen molar-refractivity contribution in [2.75, 3.05) is 11.9 Å². The minimum Gasteiger partial charge on any atom is -0.354 e. The van der Waals surface area contributed by atoms with E-state index in [1.807, 2.05) is 24.1 Å². The van der Waals surface area contributed by atoms with E-state index in [9.17, 15) is 10.1 Å². The van der Waals surface area contributed by atoms with E-state index in [-0.39, 0.29) is 11.4 Å². The fourth-order valence-corrected chi connectivity index (χ4v) is 3.17. The Morgan fingerprint density at radius 2 is 2.25 bits per heavy atom. The summed E-state index contributed by atoms with van der Waals surface area (Å²) >= 11 is 5.00. The first-order chi connectivity index (χ1) is 9.51. The van der Waals surface area contributed by atoms with E-state index in [1.165, 1.54) is 6.07 Å². The van der Waals surface area contributed by atoms with Gasteiger partial charge in [0.05, 0.1) is 15.3 Å². The van der Waals surface area contributed by atoms with Crippen molar-refractivity contribution in [1.29, 1.82) is 5.26 Å². The molecule has 0 aliphatic heterocycles. The first-order valence-electron chi connectivity index (χ1n) is 5.52. The van der Waals surface area contributed by atoms with Gasteiger partial charge in [-0.3, -0.25) is 10.1 Å². The third-order valence-electron chi connectivity index (χ3n) is 2.57. The predicted octanol–water partition coefficient (Wildman–Crippen LogP) is 3.32. The van der Waals surface area contributed by atoms with Crippen LogP contribution >= 0.6 is 27.3 Å². The van der Waals surface area contributed by atoms with Crippen LogP contribution in [0.4, 0.5) is 11.5 Å². The fourth-order valence-electron chi connectivity index (χ4n) is 1.64. The van der Waals surface area contributed by atoms with E-state index in [1.54, 1.807) is 23.5 Å². The van der Waals surface area contributed by atoms with E-state index < -0.39 is 4.92 Å². The second-order valence-corrected chi connectivity index (χ2v) is 6.52. The quantitative estimate of drug-likeness (QED) is 0.622. The van der Waals surface area contributed by atoms with Crippen LogP contribution in [0.15, 0.2) is 28.1 Å². The van der Waals surface area contributed by atoms with Crippen molar-refractivity contribution >= 4 is 38.8 Å².